The molecule has 0 aliphatic heterocycles. The predicted molar refractivity (Wildman–Crippen MR) is 183 cm³/mol. The van der Waals surface area contributed by atoms with Gasteiger partial charge in [-0.2, -0.15) is 0 Å². The monoisotopic (exact) mass is 576 g/mol. The van der Waals surface area contributed by atoms with Gasteiger partial charge in [-0.05, 0) is 54.6 Å². The highest BCUT2D eigenvalue weighted by Gasteiger charge is 2.27. The van der Waals surface area contributed by atoms with Gasteiger partial charge >= 0.3 is 0 Å². The van der Waals surface area contributed by atoms with Gasteiger partial charge in [0.05, 0.1) is 45.3 Å². The summed E-state index contributed by atoms with van der Waals surface area (Å²) in [6.45, 7) is 0. The van der Waals surface area contributed by atoms with Crippen molar-refractivity contribution in [1.82, 2.24) is 19.1 Å². The van der Waals surface area contributed by atoms with Crippen LogP contribution >= 0.6 is 0 Å². The Hall–Kier alpha value is -6.20. The topological polar surface area (TPSA) is 48.8 Å². The van der Waals surface area contributed by atoms with Crippen molar-refractivity contribution >= 4 is 65.6 Å². The number of nitrogens with zero attached hydrogens (tertiary/aromatic N) is 4. The van der Waals surface area contributed by atoms with Gasteiger partial charge < -0.3 is 13.6 Å². The molecule has 0 N–H and O–H groups in total. The van der Waals surface area contributed by atoms with Crippen LogP contribution in [0.3, 0.4) is 0 Å². The molecule has 10 aromatic rings. The number of para-hydroxylation sites is 4. The minimum atomic E-state index is 0.842. The number of rotatable bonds is 3. The Morgan fingerprint density at radius 1 is 0.444 bits per heavy atom. The van der Waals surface area contributed by atoms with Crippen molar-refractivity contribution in [3.8, 4) is 22.8 Å². The van der Waals surface area contributed by atoms with Crippen molar-refractivity contribution in [3.63, 3.8) is 0 Å². The Labute approximate surface area is 257 Å². The second-order valence-corrected chi connectivity index (χ2v) is 11.4. The molecule has 5 heterocycles. The zero-order chi connectivity index (χ0) is 29.5. The third-order valence-electron chi connectivity index (χ3n) is 8.99. The van der Waals surface area contributed by atoms with Gasteiger partial charge in [0.2, 0.25) is 0 Å². The Balaban J connectivity index is 1.46. The number of furan rings is 1. The largest absolute Gasteiger partial charge is 0.454 e. The van der Waals surface area contributed by atoms with Gasteiger partial charge in [0, 0.05) is 44.2 Å². The van der Waals surface area contributed by atoms with E-state index >= 15 is 0 Å². The summed E-state index contributed by atoms with van der Waals surface area (Å²) in [5.41, 5.74) is 10.0. The fourth-order valence-corrected chi connectivity index (χ4v) is 7.18. The fraction of sp³-hybridized carbons (Fsp3) is 0. The highest BCUT2D eigenvalue weighted by molar-refractivity contribution is 6.39. The molecule has 10 rings (SSSR count). The summed E-state index contributed by atoms with van der Waals surface area (Å²) in [6.07, 6.45) is 3.77. The van der Waals surface area contributed by atoms with E-state index in [-0.39, 0.29) is 0 Å². The third kappa shape index (κ3) is 3.32. The maximum Gasteiger partial charge on any atom is 0.160 e. The lowest BCUT2D eigenvalue weighted by Crippen LogP contribution is -1.97. The first-order valence-corrected chi connectivity index (χ1v) is 15.1. The molecule has 0 atom stereocenters. The van der Waals surface area contributed by atoms with E-state index < -0.39 is 0 Å². The number of hydrogen-bond donors (Lipinski definition) is 0. The molecule has 0 radical (unpaired) electrons. The van der Waals surface area contributed by atoms with Crippen LogP contribution in [0.25, 0.3) is 88.3 Å². The second kappa shape index (κ2) is 9.15. The summed E-state index contributed by atoms with van der Waals surface area (Å²) >= 11 is 0. The molecule has 5 nitrogen and oxygen atoms in total. The molecule has 5 heteroatoms. The van der Waals surface area contributed by atoms with Crippen LogP contribution in [0.15, 0.2) is 150 Å². The normalized spacial score (nSPS) is 12.0. The summed E-state index contributed by atoms with van der Waals surface area (Å²) < 4.78 is 11.6. The van der Waals surface area contributed by atoms with E-state index in [1.165, 1.54) is 16.2 Å². The van der Waals surface area contributed by atoms with Gasteiger partial charge in [-0.1, -0.05) is 78.9 Å². The standard InChI is InChI=1S/C40H24N4O/c1-2-12-25(13-3-1)43-33-19-8-5-15-28(33)37-38-35(36-29-16-6-9-20-34(29)45-40(36)39(37)43)27-14-4-7-18-32(27)44(38)26-21-22-31(42-24-26)30-17-10-11-23-41-30/h1-24H. The number of fused-ring (bicyclic) bond motifs is 12. The lowest BCUT2D eigenvalue weighted by Gasteiger charge is -2.11. The first kappa shape index (κ1) is 24.3. The number of pyridine rings is 2. The number of aromatic nitrogens is 4. The van der Waals surface area contributed by atoms with Crippen molar-refractivity contribution in [2.24, 2.45) is 0 Å². The van der Waals surface area contributed by atoms with Crippen molar-refractivity contribution in [2.75, 3.05) is 0 Å². The van der Waals surface area contributed by atoms with E-state index in [1.807, 2.05) is 30.5 Å². The summed E-state index contributed by atoms with van der Waals surface area (Å²) in [5, 5.41) is 6.92. The average molecular weight is 577 g/mol. The lowest BCUT2D eigenvalue weighted by atomic mass is 10.0. The predicted octanol–water partition coefficient (Wildman–Crippen LogP) is 10.2. The van der Waals surface area contributed by atoms with E-state index in [2.05, 4.69) is 123 Å². The molecule has 0 aliphatic carbocycles. The van der Waals surface area contributed by atoms with E-state index in [0.29, 0.717) is 0 Å². The van der Waals surface area contributed by atoms with E-state index in [4.69, 9.17) is 9.40 Å². The molecule has 0 unspecified atom stereocenters. The highest BCUT2D eigenvalue weighted by atomic mass is 16.3. The Morgan fingerprint density at radius 3 is 1.82 bits per heavy atom. The highest BCUT2D eigenvalue weighted by Crippen LogP contribution is 2.49. The Kier molecular flexibility index (Phi) is 4.93. The molecule has 210 valence electrons. The molecule has 0 bridgehead atoms. The summed E-state index contributed by atoms with van der Waals surface area (Å²) in [5.74, 6) is 0. The van der Waals surface area contributed by atoms with E-state index in [0.717, 1.165) is 72.2 Å². The molecule has 0 spiro atoms. The van der Waals surface area contributed by atoms with Crippen LogP contribution in [0.5, 0.6) is 0 Å². The number of hydrogen-bond acceptors (Lipinski definition) is 3. The Bertz CT molecular complexity index is 2730. The smallest absolute Gasteiger partial charge is 0.160 e. The minimum Gasteiger partial charge on any atom is -0.454 e. The summed E-state index contributed by atoms with van der Waals surface area (Å²) in [6, 6.07) is 46.5. The van der Waals surface area contributed by atoms with Crippen LogP contribution in [0.4, 0.5) is 0 Å². The third-order valence-corrected chi connectivity index (χ3v) is 8.99. The van der Waals surface area contributed by atoms with E-state index in [9.17, 15) is 0 Å². The second-order valence-electron chi connectivity index (χ2n) is 11.4. The van der Waals surface area contributed by atoms with Gasteiger partial charge in [0.1, 0.15) is 5.58 Å². The number of benzene rings is 5. The van der Waals surface area contributed by atoms with Crippen LogP contribution in [0, 0.1) is 0 Å². The lowest BCUT2D eigenvalue weighted by molar-refractivity contribution is 0.671. The van der Waals surface area contributed by atoms with Crippen LogP contribution in [-0.4, -0.2) is 19.1 Å². The zero-order valence-electron chi connectivity index (χ0n) is 24.1. The molecular weight excluding hydrogens is 552 g/mol. The minimum absolute atomic E-state index is 0.842. The molecule has 0 saturated carbocycles. The van der Waals surface area contributed by atoms with Crippen LogP contribution < -0.4 is 0 Å². The van der Waals surface area contributed by atoms with Crippen LogP contribution in [-0.2, 0) is 0 Å². The zero-order valence-corrected chi connectivity index (χ0v) is 24.1. The average Bonchev–Trinajstić information content (AvgIpc) is 3.77. The van der Waals surface area contributed by atoms with Crippen molar-refractivity contribution < 1.29 is 4.42 Å². The molecule has 5 aromatic heterocycles. The van der Waals surface area contributed by atoms with Crippen LogP contribution in [0.2, 0.25) is 0 Å². The molecular formula is C40H24N4O. The fourth-order valence-electron chi connectivity index (χ4n) is 7.18. The molecule has 0 fully saturated rings. The van der Waals surface area contributed by atoms with Gasteiger partial charge in [0.15, 0.2) is 5.58 Å². The molecule has 5 aromatic carbocycles. The van der Waals surface area contributed by atoms with Gasteiger partial charge in [-0.25, -0.2) is 0 Å². The van der Waals surface area contributed by atoms with Gasteiger partial charge in [-0.3, -0.25) is 9.97 Å². The quantitative estimate of drug-likeness (QED) is 0.210. The van der Waals surface area contributed by atoms with Gasteiger partial charge in [0.25, 0.3) is 0 Å². The first-order valence-electron chi connectivity index (χ1n) is 15.1. The Morgan fingerprint density at radius 2 is 1.09 bits per heavy atom. The van der Waals surface area contributed by atoms with Gasteiger partial charge in [-0.15, -0.1) is 0 Å². The first-order chi connectivity index (χ1) is 22.4. The summed E-state index contributed by atoms with van der Waals surface area (Å²) in [7, 11) is 0. The van der Waals surface area contributed by atoms with E-state index in [1.54, 1.807) is 6.20 Å². The van der Waals surface area contributed by atoms with Crippen molar-refractivity contribution in [2.45, 2.75) is 0 Å². The van der Waals surface area contributed by atoms with Crippen molar-refractivity contribution in [3.05, 3.63) is 146 Å². The maximum atomic E-state index is 6.84. The molecule has 45 heavy (non-hydrogen) atoms. The van der Waals surface area contributed by atoms with Crippen LogP contribution in [0.1, 0.15) is 0 Å². The van der Waals surface area contributed by atoms with Crippen molar-refractivity contribution in [1.29, 1.82) is 0 Å². The SMILES string of the molecule is c1ccc(-n2c3ccccc3c3c2c2oc4ccccc4c2c2c4ccccc4n(-c4ccc(-c5ccccn5)nc4)c23)cc1. The summed E-state index contributed by atoms with van der Waals surface area (Å²) in [4.78, 5) is 9.43. The molecule has 0 aliphatic rings. The maximum absolute atomic E-state index is 6.84. The molecule has 0 saturated heterocycles. The molecule has 0 amide bonds.